The summed E-state index contributed by atoms with van der Waals surface area (Å²) >= 11 is 0. The van der Waals surface area contributed by atoms with Crippen LogP contribution in [-0.4, -0.2) is 35.2 Å². The first-order chi connectivity index (χ1) is 10.0. The van der Waals surface area contributed by atoms with E-state index < -0.39 is 11.8 Å². The largest absolute Gasteiger partial charge is 0.733 e. The van der Waals surface area contributed by atoms with Crippen molar-refractivity contribution in [1.82, 2.24) is 4.90 Å². The molecule has 0 aliphatic carbocycles. The summed E-state index contributed by atoms with van der Waals surface area (Å²) in [6.45, 7) is 2.09. The number of imide groups is 1. The number of anilines is 2. The van der Waals surface area contributed by atoms with Crippen molar-refractivity contribution in [2.75, 3.05) is 23.8 Å². The first kappa shape index (κ1) is 14.8. The third-order valence-electron chi connectivity index (χ3n) is 2.81. The summed E-state index contributed by atoms with van der Waals surface area (Å²) in [4.78, 5) is 23.8. The highest BCUT2D eigenvalue weighted by Gasteiger charge is 2.23. The zero-order chi connectivity index (χ0) is 15.4. The standard InChI is InChI=1S/C13H14N3O5/c1-2-21-9-3-4-10(11(7-9)16(19)20)14-8-15-12(17)5-6-13(15)18/h3-7,14,19H,2,8H2,1H3/q-1. The molecule has 0 saturated carbocycles. The van der Waals surface area contributed by atoms with E-state index in [2.05, 4.69) is 5.32 Å². The van der Waals surface area contributed by atoms with Crippen LogP contribution < -0.4 is 15.3 Å². The number of nitrogens with one attached hydrogen (secondary N) is 1. The molecule has 2 N–H and O–H groups in total. The highest BCUT2D eigenvalue weighted by Crippen LogP contribution is 2.29. The summed E-state index contributed by atoms with van der Waals surface area (Å²) in [5.74, 6) is -0.464. The Morgan fingerprint density at radius 3 is 2.57 bits per heavy atom. The maximum atomic E-state index is 11.4. The quantitative estimate of drug-likeness (QED) is 0.597. The summed E-state index contributed by atoms with van der Waals surface area (Å²) in [6, 6.07) is 4.47. The Bertz CT molecular complexity index is 567. The molecule has 8 heteroatoms. The van der Waals surface area contributed by atoms with Gasteiger partial charge < -0.3 is 20.5 Å². The molecule has 0 aromatic heterocycles. The molecule has 1 aliphatic rings. The van der Waals surface area contributed by atoms with Crippen molar-refractivity contribution in [2.45, 2.75) is 6.92 Å². The second-order valence-corrected chi connectivity index (χ2v) is 4.16. The van der Waals surface area contributed by atoms with Gasteiger partial charge in [-0.05, 0) is 19.1 Å². The van der Waals surface area contributed by atoms with Gasteiger partial charge in [-0.1, -0.05) is 0 Å². The van der Waals surface area contributed by atoms with E-state index in [1.807, 2.05) is 0 Å². The molecule has 21 heavy (non-hydrogen) atoms. The fraction of sp³-hybridized carbons (Fsp3) is 0.231. The topological polar surface area (TPSA) is 105 Å². The van der Waals surface area contributed by atoms with E-state index in [9.17, 15) is 14.8 Å². The fourth-order valence-electron chi connectivity index (χ4n) is 1.83. The highest BCUT2D eigenvalue weighted by molar-refractivity contribution is 6.13. The van der Waals surface area contributed by atoms with Crippen LogP contribution in [0.4, 0.5) is 11.4 Å². The molecule has 112 valence electrons. The molecule has 0 spiro atoms. The zero-order valence-corrected chi connectivity index (χ0v) is 11.3. The number of carbonyl (C=O) groups is 2. The number of amides is 2. The van der Waals surface area contributed by atoms with Crippen LogP contribution in [0, 0.1) is 5.21 Å². The van der Waals surface area contributed by atoms with Gasteiger partial charge in [0.05, 0.1) is 24.7 Å². The number of nitrogens with zero attached hydrogens (tertiary/aromatic N) is 2. The smallest absolute Gasteiger partial charge is 0.255 e. The Hall–Kier alpha value is -2.58. The van der Waals surface area contributed by atoms with E-state index in [0.29, 0.717) is 12.4 Å². The Morgan fingerprint density at radius 2 is 2.00 bits per heavy atom. The Kier molecular flexibility index (Phi) is 4.41. The van der Waals surface area contributed by atoms with Crippen LogP contribution in [0.2, 0.25) is 0 Å². The number of rotatable bonds is 6. The van der Waals surface area contributed by atoms with Crippen LogP contribution in [0.25, 0.3) is 0 Å². The monoisotopic (exact) mass is 292 g/mol. The van der Waals surface area contributed by atoms with Gasteiger partial charge in [0.25, 0.3) is 11.8 Å². The van der Waals surface area contributed by atoms with Crippen LogP contribution in [0.5, 0.6) is 5.75 Å². The van der Waals surface area contributed by atoms with E-state index in [0.717, 1.165) is 17.1 Å². The molecule has 0 atom stereocenters. The van der Waals surface area contributed by atoms with Crippen molar-refractivity contribution in [3.05, 3.63) is 35.6 Å². The van der Waals surface area contributed by atoms with E-state index in [1.54, 1.807) is 13.0 Å². The van der Waals surface area contributed by atoms with E-state index in [-0.39, 0.29) is 23.3 Å². The van der Waals surface area contributed by atoms with Gasteiger partial charge in [0.2, 0.25) is 0 Å². The van der Waals surface area contributed by atoms with Gasteiger partial charge in [0.1, 0.15) is 5.75 Å². The lowest BCUT2D eigenvalue weighted by Gasteiger charge is -2.26. The predicted molar refractivity (Wildman–Crippen MR) is 74.7 cm³/mol. The van der Waals surface area contributed by atoms with Gasteiger partial charge >= 0.3 is 0 Å². The fourth-order valence-corrected chi connectivity index (χ4v) is 1.83. The molecule has 0 fully saturated rings. The molecule has 0 radical (unpaired) electrons. The molecule has 1 aromatic rings. The molecule has 2 amide bonds. The number of carbonyl (C=O) groups excluding carboxylic acids is 2. The minimum atomic E-state index is -0.442. The first-order valence-corrected chi connectivity index (χ1v) is 6.23. The maximum Gasteiger partial charge on any atom is 0.255 e. The van der Waals surface area contributed by atoms with Crippen molar-refractivity contribution in [3.8, 4) is 5.75 Å². The lowest BCUT2D eigenvalue weighted by molar-refractivity contribution is -0.136. The average molecular weight is 292 g/mol. The lowest BCUT2D eigenvalue weighted by atomic mass is 10.2. The third kappa shape index (κ3) is 3.30. The molecule has 0 saturated heterocycles. The summed E-state index contributed by atoms with van der Waals surface area (Å²) in [5, 5.41) is 22.7. The number of benzene rings is 1. The molecule has 0 bridgehead atoms. The van der Waals surface area contributed by atoms with Crippen LogP contribution in [0.3, 0.4) is 0 Å². The summed E-state index contributed by atoms with van der Waals surface area (Å²) < 4.78 is 5.23. The van der Waals surface area contributed by atoms with Gasteiger partial charge in [-0.15, -0.1) is 0 Å². The normalized spacial score (nSPS) is 13.8. The van der Waals surface area contributed by atoms with Crippen LogP contribution >= 0.6 is 0 Å². The van der Waals surface area contributed by atoms with Gasteiger partial charge in [0.15, 0.2) is 0 Å². The molecular weight excluding hydrogens is 278 g/mol. The van der Waals surface area contributed by atoms with Gasteiger partial charge in [0, 0.05) is 18.2 Å². The van der Waals surface area contributed by atoms with Crippen LogP contribution in [-0.2, 0) is 9.59 Å². The predicted octanol–water partition coefficient (Wildman–Crippen LogP) is 1.07. The van der Waals surface area contributed by atoms with E-state index in [4.69, 9.17) is 9.94 Å². The second-order valence-electron chi connectivity index (χ2n) is 4.16. The molecule has 1 aromatic carbocycles. The Labute approximate surface area is 120 Å². The van der Waals surface area contributed by atoms with Crippen molar-refractivity contribution in [3.63, 3.8) is 0 Å². The SMILES string of the molecule is CCOc1ccc(NCN2C(=O)C=CC2=O)c(N([O-])O)c1. The van der Waals surface area contributed by atoms with Crippen molar-refractivity contribution in [1.29, 1.82) is 0 Å². The molecule has 8 nitrogen and oxygen atoms in total. The second kappa shape index (κ2) is 6.25. The Balaban J connectivity index is 2.12. The van der Waals surface area contributed by atoms with E-state index in [1.165, 1.54) is 12.1 Å². The lowest BCUT2D eigenvalue weighted by Crippen LogP contribution is -2.34. The average Bonchev–Trinajstić information content (AvgIpc) is 2.77. The van der Waals surface area contributed by atoms with Gasteiger partial charge in [-0.25, -0.2) is 0 Å². The molecule has 2 rings (SSSR count). The third-order valence-corrected chi connectivity index (χ3v) is 2.81. The maximum absolute atomic E-state index is 11.4. The first-order valence-electron chi connectivity index (χ1n) is 6.23. The Morgan fingerprint density at radius 1 is 1.33 bits per heavy atom. The summed E-state index contributed by atoms with van der Waals surface area (Å²) in [5.41, 5.74) is 0.191. The molecule has 1 aliphatic heterocycles. The highest BCUT2D eigenvalue weighted by atomic mass is 16.8. The van der Waals surface area contributed by atoms with Crippen molar-refractivity contribution in [2.24, 2.45) is 0 Å². The number of hydrogen-bond donors (Lipinski definition) is 2. The van der Waals surface area contributed by atoms with Crippen LogP contribution in [0.15, 0.2) is 30.4 Å². The molecule has 1 heterocycles. The van der Waals surface area contributed by atoms with Crippen molar-refractivity contribution < 1.29 is 19.5 Å². The van der Waals surface area contributed by atoms with Gasteiger partial charge in [-0.2, -0.15) is 0 Å². The summed E-state index contributed by atoms with van der Waals surface area (Å²) in [6.07, 6.45) is 2.32. The number of ether oxygens (including phenoxy) is 1. The zero-order valence-electron chi connectivity index (χ0n) is 11.3. The van der Waals surface area contributed by atoms with Crippen LogP contribution in [0.1, 0.15) is 6.92 Å². The van der Waals surface area contributed by atoms with Gasteiger partial charge in [-0.3, -0.25) is 19.7 Å². The van der Waals surface area contributed by atoms with E-state index >= 15 is 0 Å². The summed E-state index contributed by atoms with van der Waals surface area (Å²) in [7, 11) is 0. The minimum absolute atomic E-state index is 0.0759. The molecule has 0 unspecified atom stereocenters. The minimum Gasteiger partial charge on any atom is -0.733 e. The number of hydrogen-bond acceptors (Lipinski definition) is 7. The molecular formula is C13H14N3O5-. The van der Waals surface area contributed by atoms with Crippen molar-refractivity contribution >= 4 is 23.2 Å².